The average molecular weight is 401 g/mol. The lowest BCUT2D eigenvalue weighted by Crippen LogP contribution is -2.11. The minimum atomic E-state index is -0.499. The Hall–Kier alpha value is -3.84. The van der Waals surface area contributed by atoms with Gasteiger partial charge in [0.1, 0.15) is 0 Å². The number of nitro groups is 1. The Morgan fingerprint density at radius 3 is 2.03 bits per heavy atom. The number of rotatable bonds is 5. The number of benzene rings is 3. The molecule has 1 heterocycles. The molecule has 0 saturated heterocycles. The molecule has 29 heavy (non-hydrogen) atoms. The lowest BCUT2D eigenvalue weighted by atomic mass is 10.1. The summed E-state index contributed by atoms with van der Waals surface area (Å²) in [5, 5.41) is 14.0. The number of non-ortho nitro benzene ring substituents is 1. The molecule has 0 atom stereocenters. The van der Waals surface area contributed by atoms with Crippen LogP contribution in [-0.4, -0.2) is 15.8 Å². The lowest BCUT2D eigenvalue weighted by Gasteiger charge is -2.02. The maximum absolute atomic E-state index is 12.6. The van der Waals surface area contributed by atoms with Crippen LogP contribution in [0.25, 0.3) is 21.7 Å². The maximum atomic E-state index is 12.6. The maximum Gasteiger partial charge on any atom is 0.269 e. The van der Waals surface area contributed by atoms with Crippen LogP contribution < -0.4 is 5.32 Å². The van der Waals surface area contributed by atoms with Crippen LogP contribution in [0.5, 0.6) is 0 Å². The Bertz CT molecular complexity index is 1100. The predicted molar refractivity (Wildman–Crippen MR) is 114 cm³/mol. The average Bonchev–Trinajstić information content (AvgIpc) is 3.19. The zero-order valence-electron chi connectivity index (χ0n) is 15.1. The Morgan fingerprint density at radius 2 is 1.45 bits per heavy atom. The summed E-state index contributed by atoms with van der Waals surface area (Å²) in [6.45, 7) is 0. The van der Waals surface area contributed by atoms with E-state index in [0.29, 0.717) is 10.7 Å². The molecule has 0 spiro atoms. The van der Waals surface area contributed by atoms with Gasteiger partial charge in [-0.2, -0.15) is 0 Å². The van der Waals surface area contributed by atoms with Crippen LogP contribution in [0.2, 0.25) is 0 Å². The molecule has 1 amide bonds. The van der Waals surface area contributed by atoms with Gasteiger partial charge in [-0.05, 0) is 17.7 Å². The summed E-state index contributed by atoms with van der Waals surface area (Å²) in [4.78, 5) is 28.5. The molecule has 3 aromatic carbocycles. The smallest absolute Gasteiger partial charge is 0.269 e. The highest BCUT2D eigenvalue weighted by molar-refractivity contribution is 7.19. The Balaban J connectivity index is 1.67. The first kappa shape index (κ1) is 18.5. The third kappa shape index (κ3) is 4.04. The quantitative estimate of drug-likeness (QED) is 0.346. The standard InChI is InChI=1S/C22H15N3O3S/c26-21(17-11-13-18(14-12-17)25(27)28)24-22-23-19(15-7-3-1-4-8-15)20(29-22)16-9-5-2-6-10-16/h1-14H,(H,23,24,26). The van der Waals surface area contributed by atoms with Crippen molar-refractivity contribution in [3.63, 3.8) is 0 Å². The molecule has 6 nitrogen and oxygen atoms in total. The molecular formula is C22H15N3O3S. The van der Waals surface area contributed by atoms with E-state index in [1.165, 1.54) is 35.6 Å². The fourth-order valence-corrected chi connectivity index (χ4v) is 3.84. The monoisotopic (exact) mass is 401 g/mol. The van der Waals surface area contributed by atoms with Crippen molar-refractivity contribution in [1.82, 2.24) is 4.98 Å². The van der Waals surface area contributed by atoms with Gasteiger partial charge in [-0.15, -0.1) is 0 Å². The van der Waals surface area contributed by atoms with E-state index in [1.54, 1.807) is 0 Å². The number of hydrogen-bond donors (Lipinski definition) is 1. The van der Waals surface area contributed by atoms with Crippen LogP contribution in [0.3, 0.4) is 0 Å². The van der Waals surface area contributed by atoms with Crippen LogP contribution >= 0.6 is 11.3 Å². The van der Waals surface area contributed by atoms with Gasteiger partial charge in [0.25, 0.3) is 11.6 Å². The largest absolute Gasteiger partial charge is 0.298 e. The molecule has 0 aliphatic carbocycles. The number of carbonyl (C=O) groups is 1. The normalized spacial score (nSPS) is 10.5. The number of carbonyl (C=O) groups excluding carboxylic acids is 1. The molecule has 142 valence electrons. The van der Waals surface area contributed by atoms with Gasteiger partial charge >= 0.3 is 0 Å². The molecule has 4 aromatic rings. The highest BCUT2D eigenvalue weighted by Crippen LogP contribution is 2.39. The van der Waals surface area contributed by atoms with Crippen molar-refractivity contribution in [2.45, 2.75) is 0 Å². The van der Waals surface area contributed by atoms with Crippen molar-refractivity contribution in [1.29, 1.82) is 0 Å². The second-order valence-electron chi connectivity index (χ2n) is 6.19. The summed E-state index contributed by atoms with van der Waals surface area (Å²) in [6, 6.07) is 25.1. The Morgan fingerprint density at radius 1 is 0.862 bits per heavy atom. The summed E-state index contributed by atoms with van der Waals surface area (Å²) in [5.41, 5.74) is 3.03. The van der Waals surface area contributed by atoms with E-state index in [4.69, 9.17) is 0 Å². The number of nitrogens with zero attached hydrogens (tertiary/aromatic N) is 2. The van der Waals surface area contributed by atoms with Gasteiger partial charge < -0.3 is 0 Å². The van der Waals surface area contributed by atoms with Crippen molar-refractivity contribution in [2.75, 3.05) is 5.32 Å². The first-order valence-corrected chi connectivity index (χ1v) is 9.61. The van der Waals surface area contributed by atoms with E-state index >= 15 is 0 Å². The van der Waals surface area contributed by atoms with Crippen molar-refractivity contribution in [2.24, 2.45) is 0 Å². The van der Waals surface area contributed by atoms with Crippen molar-refractivity contribution < 1.29 is 9.72 Å². The number of nitrogens with one attached hydrogen (secondary N) is 1. The lowest BCUT2D eigenvalue weighted by molar-refractivity contribution is -0.384. The molecule has 0 unspecified atom stereocenters. The van der Waals surface area contributed by atoms with Gasteiger partial charge in [-0.3, -0.25) is 20.2 Å². The Kier molecular flexibility index (Phi) is 5.13. The van der Waals surface area contributed by atoms with Gasteiger partial charge in [-0.1, -0.05) is 72.0 Å². The Labute approximate surface area is 170 Å². The minimum Gasteiger partial charge on any atom is -0.298 e. The topological polar surface area (TPSA) is 85.1 Å². The van der Waals surface area contributed by atoms with Crippen LogP contribution in [0, 0.1) is 10.1 Å². The fourth-order valence-electron chi connectivity index (χ4n) is 2.85. The van der Waals surface area contributed by atoms with E-state index < -0.39 is 4.92 Å². The fraction of sp³-hybridized carbons (Fsp3) is 0. The summed E-state index contributed by atoms with van der Waals surface area (Å²) in [6.07, 6.45) is 0. The SMILES string of the molecule is O=C(Nc1nc(-c2ccccc2)c(-c2ccccc2)s1)c1ccc([N+](=O)[O-])cc1. The van der Waals surface area contributed by atoms with E-state index in [9.17, 15) is 14.9 Å². The van der Waals surface area contributed by atoms with Gasteiger partial charge in [-0.25, -0.2) is 4.98 Å². The number of thiazole rings is 1. The van der Waals surface area contributed by atoms with E-state index in [0.717, 1.165) is 21.7 Å². The van der Waals surface area contributed by atoms with E-state index in [1.807, 2.05) is 60.7 Å². The molecular weight excluding hydrogens is 386 g/mol. The molecule has 4 rings (SSSR count). The molecule has 1 N–H and O–H groups in total. The van der Waals surface area contributed by atoms with E-state index in [-0.39, 0.29) is 11.6 Å². The van der Waals surface area contributed by atoms with Crippen LogP contribution in [0.4, 0.5) is 10.8 Å². The van der Waals surface area contributed by atoms with Gasteiger partial charge in [0.2, 0.25) is 0 Å². The van der Waals surface area contributed by atoms with Gasteiger partial charge in [0.05, 0.1) is 15.5 Å². The molecule has 0 saturated carbocycles. The van der Waals surface area contributed by atoms with Crippen LogP contribution in [0.1, 0.15) is 10.4 Å². The molecule has 0 radical (unpaired) electrons. The number of nitro benzene ring substituents is 1. The summed E-state index contributed by atoms with van der Waals surface area (Å²) in [7, 11) is 0. The van der Waals surface area contributed by atoms with Gasteiger partial charge in [0, 0.05) is 23.3 Å². The first-order valence-electron chi connectivity index (χ1n) is 8.79. The molecule has 0 aliphatic heterocycles. The third-order valence-electron chi connectivity index (χ3n) is 4.27. The number of amides is 1. The minimum absolute atomic E-state index is 0.0615. The summed E-state index contributed by atoms with van der Waals surface area (Å²) < 4.78 is 0. The molecule has 0 aliphatic rings. The van der Waals surface area contributed by atoms with Crippen molar-refractivity contribution >= 4 is 28.1 Å². The van der Waals surface area contributed by atoms with Crippen LogP contribution in [0.15, 0.2) is 84.9 Å². The second kappa shape index (κ2) is 8.04. The van der Waals surface area contributed by atoms with Gasteiger partial charge in [0.15, 0.2) is 5.13 Å². The van der Waals surface area contributed by atoms with E-state index in [2.05, 4.69) is 10.3 Å². The van der Waals surface area contributed by atoms with Crippen LogP contribution in [-0.2, 0) is 0 Å². The van der Waals surface area contributed by atoms with Crippen molar-refractivity contribution in [3.8, 4) is 21.7 Å². The number of anilines is 1. The predicted octanol–water partition coefficient (Wildman–Crippen LogP) is 5.64. The zero-order valence-corrected chi connectivity index (χ0v) is 15.9. The first-order chi connectivity index (χ1) is 14.1. The highest BCUT2D eigenvalue weighted by atomic mass is 32.1. The summed E-state index contributed by atoms with van der Waals surface area (Å²) >= 11 is 1.39. The second-order valence-corrected chi connectivity index (χ2v) is 7.19. The molecule has 0 fully saturated rings. The zero-order chi connectivity index (χ0) is 20.2. The highest BCUT2D eigenvalue weighted by Gasteiger charge is 2.17. The molecule has 7 heteroatoms. The molecule has 0 bridgehead atoms. The number of aromatic nitrogens is 1. The molecule has 1 aromatic heterocycles. The number of hydrogen-bond acceptors (Lipinski definition) is 5. The summed E-state index contributed by atoms with van der Waals surface area (Å²) in [5.74, 6) is -0.368. The van der Waals surface area contributed by atoms with Crippen molar-refractivity contribution in [3.05, 3.63) is 101 Å². The third-order valence-corrected chi connectivity index (χ3v) is 5.29.